The van der Waals surface area contributed by atoms with Crippen molar-refractivity contribution in [2.45, 2.75) is 18.7 Å². The summed E-state index contributed by atoms with van der Waals surface area (Å²) in [6.07, 6.45) is 5.11. The SMILES string of the molecule is CC(C)C(=O)Nc1ccc(S(=O)(=O)N2CCN(c3ccc(-n4ccnc4)nn3)CC2)cc1. The molecule has 11 heteroatoms. The molecular weight excluding hydrogens is 430 g/mol. The zero-order valence-electron chi connectivity index (χ0n) is 17.9. The predicted molar refractivity (Wildman–Crippen MR) is 120 cm³/mol. The quantitative estimate of drug-likeness (QED) is 0.603. The van der Waals surface area contributed by atoms with Crippen molar-refractivity contribution in [2.75, 3.05) is 36.4 Å². The fraction of sp³-hybridized carbons (Fsp3) is 0.333. The van der Waals surface area contributed by atoms with Crippen LogP contribution >= 0.6 is 0 Å². The van der Waals surface area contributed by atoms with Crippen molar-refractivity contribution in [2.24, 2.45) is 5.92 Å². The maximum absolute atomic E-state index is 13.0. The van der Waals surface area contributed by atoms with Crippen LogP contribution in [0.5, 0.6) is 0 Å². The molecule has 3 heterocycles. The third-order valence-corrected chi connectivity index (χ3v) is 7.16. The number of carbonyl (C=O) groups is 1. The molecule has 0 spiro atoms. The van der Waals surface area contributed by atoms with Crippen LogP contribution in [-0.4, -0.2) is 64.6 Å². The lowest BCUT2D eigenvalue weighted by Gasteiger charge is -2.34. The molecule has 4 rings (SSSR count). The topological polar surface area (TPSA) is 113 Å². The standard InChI is InChI=1S/C21H25N7O3S/c1-16(2)21(29)23-17-3-5-18(6-4-17)32(30,31)28-13-11-26(12-14-28)19-7-8-20(25-24-19)27-10-9-22-15-27/h3-10,15-16H,11-14H2,1-2H3,(H,23,29). The summed E-state index contributed by atoms with van der Waals surface area (Å²) in [5.41, 5.74) is 0.574. The summed E-state index contributed by atoms with van der Waals surface area (Å²) in [7, 11) is -3.62. The van der Waals surface area contributed by atoms with Gasteiger partial charge in [-0.25, -0.2) is 13.4 Å². The van der Waals surface area contributed by atoms with Gasteiger partial charge in [-0.05, 0) is 36.4 Å². The summed E-state index contributed by atoms with van der Waals surface area (Å²) < 4.78 is 29.3. The Morgan fingerprint density at radius 2 is 1.62 bits per heavy atom. The summed E-state index contributed by atoms with van der Waals surface area (Å²) in [6, 6.07) is 10.0. The molecule has 1 N–H and O–H groups in total. The van der Waals surface area contributed by atoms with Gasteiger partial charge in [-0.15, -0.1) is 10.2 Å². The fourth-order valence-corrected chi connectivity index (χ4v) is 4.74. The van der Waals surface area contributed by atoms with E-state index in [0.29, 0.717) is 43.5 Å². The molecule has 3 aromatic rings. The van der Waals surface area contributed by atoms with Crippen LogP contribution in [0.15, 0.2) is 60.0 Å². The zero-order valence-corrected chi connectivity index (χ0v) is 18.7. The van der Waals surface area contributed by atoms with Crippen molar-refractivity contribution in [3.63, 3.8) is 0 Å². The third-order valence-electron chi connectivity index (χ3n) is 5.25. The first-order valence-electron chi connectivity index (χ1n) is 10.3. The minimum atomic E-state index is -3.62. The Morgan fingerprint density at radius 3 is 2.19 bits per heavy atom. The van der Waals surface area contributed by atoms with Crippen LogP contribution in [0.1, 0.15) is 13.8 Å². The maximum atomic E-state index is 13.0. The Morgan fingerprint density at radius 1 is 0.969 bits per heavy atom. The molecule has 10 nitrogen and oxygen atoms in total. The first-order chi connectivity index (χ1) is 15.3. The lowest BCUT2D eigenvalue weighted by Crippen LogP contribution is -2.49. The third kappa shape index (κ3) is 4.63. The maximum Gasteiger partial charge on any atom is 0.243 e. The molecule has 168 valence electrons. The molecule has 1 aromatic carbocycles. The fourth-order valence-electron chi connectivity index (χ4n) is 3.32. The number of benzene rings is 1. The molecule has 0 saturated carbocycles. The monoisotopic (exact) mass is 455 g/mol. The molecule has 0 atom stereocenters. The smallest absolute Gasteiger partial charge is 0.243 e. The average molecular weight is 456 g/mol. The van der Waals surface area contributed by atoms with Gasteiger partial charge in [-0.1, -0.05) is 13.8 Å². The first-order valence-corrected chi connectivity index (χ1v) is 11.8. The number of rotatable bonds is 6. The zero-order chi connectivity index (χ0) is 22.7. The van der Waals surface area contributed by atoms with Gasteiger partial charge in [-0.3, -0.25) is 9.36 Å². The van der Waals surface area contributed by atoms with E-state index >= 15 is 0 Å². The number of anilines is 2. The molecule has 1 fully saturated rings. The molecular formula is C21H25N7O3S. The van der Waals surface area contributed by atoms with Gasteiger partial charge in [-0.2, -0.15) is 4.31 Å². The van der Waals surface area contributed by atoms with E-state index in [-0.39, 0.29) is 16.7 Å². The summed E-state index contributed by atoms with van der Waals surface area (Å²) in [5.74, 6) is 1.11. The van der Waals surface area contributed by atoms with E-state index in [1.54, 1.807) is 49.3 Å². The van der Waals surface area contributed by atoms with Crippen molar-refractivity contribution in [3.8, 4) is 5.82 Å². The molecule has 0 aliphatic carbocycles. The Bertz CT molecular complexity index is 1150. The molecule has 0 unspecified atom stereocenters. The predicted octanol–water partition coefficient (Wildman–Crippen LogP) is 1.77. The molecule has 2 aromatic heterocycles. The average Bonchev–Trinajstić information content (AvgIpc) is 3.35. The van der Waals surface area contributed by atoms with E-state index in [2.05, 4.69) is 20.5 Å². The summed E-state index contributed by atoms with van der Waals surface area (Å²) >= 11 is 0. The van der Waals surface area contributed by atoms with Crippen molar-refractivity contribution in [3.05, 3.63) is 55.1 Å². The number of sulfonamides is 1. The van der Waals surface area contributed by atoms with Crippen molar-refractivity contribution in [1.29, 1.82) is 0 Å². The number of hydrogen-bond acceptors (Lipinski definition) is 7. The number of aromatic nitrogens is 4. The normalized spacial score (nSPS) is 15.2. The van der Waals surface area contributed by atoms with E-state index < -0.39 is 10.0 Å². The summed E-state index contributed by atoms with van der Waals surface area (Å²) in [5, 5.41) is 11.3. The second kappa shape index (κ2) is 9.05. The van der Waals surface area contributed by atoms with E-state index in [1.807, 2.05) is 17.0 Å². The largest absolute Gasteiger partial charge is 0.352 e. The number of piperazine rings is 1. The molecule has 1 aliphatic rings. The summed E-state index contributed by atoms with van der Waals surface area (Å²) in [6.45, 7) is 5.32. The highest BCUT2D eigenvalue weighted by molar-refractivity contribution is 7.89. The van der Waals surface area contributed by atoms with Gasteiger partial charge in [0.15, 0.2) is 11.6 Å². The molecule has 1 aliphatic heterocycles. The van der Waals surface area contributed by atoms with Gasteiger partial charge >= 0.3 is 0 Å². The lowest BCUT2D eigenvalue weighted by molar-refractivity contribution is -0.118. The van der Waals surface area contributed by atoms with Crippen molar-refractivity contribution in [1.82, 2.24) is 24.1 Å². The number of carbonyl (C=O) groups excluding carboxylic acids is 1. The van der Waals surface area contributed by atoms with Gasteiger partial charge in [0.2, 0.25) is 15.9 Å². The minimum Gasteiger partial charge on any atom is -0.352 e. The number of amides is 1. The molecule has 0 bridgehead atoms. The van der Waals surface area contributed by atoms with Crippen LogP contribution in [0.3, 0.4) is 0 Å². The summed E-state index contributed by atoms with van der Waals surface area (Å²) in [4.78, 5) is 18.0. The second-order valence-corrected chi connectivity index (χ2v) is 9.72. The van der Waals surface area contributed by atoms with Gasteiger partial charge in [0.25, 0.3) is 0 Å². The van der Waals surface area contributed by atoms with Crippen LogP contribution in [0.2, 0.25) is 0 Å². The minimum absolute atomic E-state index is 0.113. The molecule has 1 amide bonds. The van der Waals surface area contributed by atoms with Crippen LogP contribution < -0.4 is 10.2 Å². The number of nitrogens with one attached hydrogen (secondary N) is 1. The number of hydrogen-bond donors (Lipinski definition) is 1. The highest BCUT2D eigenvalue weighted by atomic mass is 32.2. The van der Waals surface area contributed by atoms with Gasteiger partial charge in [0.1, 0.15) is 6.33 Å². The van der Waals surface area contributed by atoms with E-state index in [4.69, 9.17) is 0 Å². The first kappa shape index (κ1) is 21.9. The highest BCUT2D eigenvalue weighted by Crippen LogP contribution is 2.22. The Labute approximate surface area is 186 Å². The van der Waals surface area contributed by atoms with E-state index in [1.165, 1.54) is 16.4 Å². The number of imidazole rings is 1. The van der Waals surface area contributed by atoms with Crippen LogP contribution in [-0.2, 0) is 14.8 Å². The Balaban J connectivity index is 1.38. The van der Waals surface area contributed by atoms with Crippen LogP contribution in [0.4, 0.5) is 11.5 Å². The molecule has 32 heavy (non-hydrogen) atoms. The van der Waals surface area contributed by atoms with Gasteiger partial charge in [0, 0.05) is 50.2 Å². The molecule has 0 radical (unpaired) electrons. The highest BCUT2D eigenvalue weighted by Gasteiger charge is 2.29. The van der Waals surface area contributed by atoms with Crippen molar-refractivity contribution < 1.29 is 13.2 Å². The number of nitrogens with zero attached hydrogens (tertiary/aromatic N) is 6. The van der Waals surface area contributed by atoms with Crippen LogP contribution in [0.25, 0.3) is 5.82 Å². The van der Waals surface area contributed by atoms with E-state index in [9.17, 15) is 13.2 Å². The van der Waals surface area contributed by atoms with Gasteiger partial charge in [0.05, 0.1) is 4.90 Å². The van der Waals surface area contributed by atoms with E-state index in [0.717, 1.165) is 0 Å². The van der Waals surface area contributed by atoms with Gasteiger partial charge < -0.3 is 10.2 Å². The second-order valence-electron chi connectivity index (χ2n) is 7.78. The van der Waals surface area contributed by atoms with Crippen molar-refractivity contribution >= 4 is 27.4 Å². The Kier molecular flexibility index (Phi) is 6.19. The molecule has 1 saturated heterocycles. The lowest BCUT2D eigenvalue weighted by atomic mass is 10.2. The van der Waals surface area contributed by atoms with Crippen LogP contribution in [0, 0.1) is 5.92 Å². The Hall–Kier alpha value is -3.31.